The number of ether oxygens (including phenoxy) is 3. The quantitative estimate of drug-likeness (QED) is 0.819. The summed E-state index contributed by atoms with van der Waals surface area (Å²) in [6.07, 6.45) is -1.34. The molecule has 0 spiro atoms. The Morgan fingerprint density at radius 3 is 2.57 bits per heavy atom. The fourth-order valence-electron chi connectivity index (χ4n) is 3.79. The van der Waals surface area contributed by atoms with Gasteiger partial charge in [0.15, 0.2) is 6.10 Å². The molecule has 144 valence electrons. The van der Waals surface area contributed by atoms with E-state index in [1.165, 1.54) is 6.92 Å². The third-order valence-corrected chi connectivity index (χ3v) is 5.02. The Bertz CT molecular complexity index is 933. The van der Waals surface area contributed by atoms with Crippen LogP contribution in [-0.2, 0) is 25.7 Å². The van der Waals surface area contributed by atoms with Crippen molar-refractivity contribution in [2.75, 3.05) is 0 Å². The number of fused-ring (bicyclic) bond motifs is 3. The highest BCUT2D eigenvalue weighted by atomic mass is 16.6. The Labute approximate surface area is 162 Å². The largest absolute Gasteiger partial charge is 0.508 e. The topological polar surface area (TPSA) is 82.1 Å². The number of esters is 2. The molecule has 3 atom stereocenters. The maximum absolute atomic E-state index is 12.6. The molecular formula is C22H20O6. The second kappa shape index (κ2) is 7.38. The first kappa shape index (κ1) is 18.1. The summed E-state index contributed by atoms with van der Waals surface area (Å²) < 4.78 is 16.7. The summed E-state index contributed by atoms with van der Waals surface area (Å²) in [7, 11) is 0. The minimum Gasteiger partial charge on any atom is -0.508 e. The second-order valence-electron chi connectivity index (χ2n) is 6.88. The molecule has 1 aliphatic heterocycles. The lowest BCUT2D eigenvalue weighted by Gasteiger charge is -2.32. The van der Waals surface area contributed by atoms with E-state index in [1.54, 1.807) is 6.07 Å². The molecule has 0 amide bonds. The third-order valence-electron chi connectivity index (χ3n) is 5.02. The Morgan fingerprint density at radius 1 is 1.11 bits per heavy atom. The van der Waals surface area contributed by atoms with Crippen LogP contribution in [0, 0.1) is 0 Å². The van der Waals surface area contributed by atoms with Gasteiger partial charge in [-0.3, -0.25) is 4.79 Å². The average molecular weight is 380 g/mol. The van der Waals surface area contributed by atoms with Crippen molar-refractivity contribution in [2.45, 2.75) is 38.1 Å². The number of aliphatic hydroxyl groups excluding tert-OH is 1. The summed E-state index contributed by atoms with van der Waals surface area (Å²) in [6.45, 7) is 1.41. The molecule has 0 bridgehead atoms. The van der Waals surface area contributed by atoms with E-state index >= 15 is 0 Å². The van der Waals surface area contributed by atoms with E-state index in [0.29, 0.717) is 5.75 Å². The number of carbonyl (C=O) groups excluding carboxylic acids is 2. The number of rotatable bonds is 4. The first-order valence-corrected chi connectivity index (χ1v) is 9.10. The van der Waals surface area contributed by atoms with Crippen LogP contribution in [0.3, 0.4) is 0 Å². The molecule has 0 saturated heterocycles. The number of carbonyl (C=O) groups is 2. The lowest BCUT2D eigenvalue weighted by atomic mass is 9.80. The second-order valence-corrected chi connectivity index (χ2v) is 6.88. The van der Waals surface area contributed by atoms with E-state index in [0.717, 1.165) is 11.1 Å². The van der Waals surface area contributed by atoms with Crippen LogP contribution in [0.2, 0.25) is 0 Å². The fraction of sp³-hybridized carbons (Fsp3) is 0.273. The molecular weight excluding hydrogens is 360 g/mol. The standard InChI is InChI=1S/C22H20O6/c1-13(23)27-18-11-16(22(25)26-12-14-7-3-2-4-8-14)20(24)21-19(18)15-9-5-6-10-17(15)28-21/h2-10,18-19,21,24H,11-12H2,1H3/t18-,19+,21+/m0/s1. The Balaban J connectivity index is 1.60. The van der Waals surface area contributed by atoms with Crippen LogP contribution in [0.4, 0.5) is 0 Å². The highest BCUT2D eigenvalue weighted by molar-refractivity contribution is 5.90. The highest BCUT2D eigenvalue weighted by Gasteiger charge is 2.49. The van der Waals surface area contributed by atoms with E-state index in [4.69, 9.17) is 14.2 Å². The van der Waals surface area contributed by atoms with E-state index in [-0.39, 0.29) is 30.3 Å². The molecule has 0 unspecified atom stereocenters. The van der Waals surface area contributed by atoms with Crippen molar-refractivity contribution in [3.05, 3.63) is 77.1 Å². The van der Waals surface area contributed by atoms with Crippen LogP contribution in [-0.4, -0.2) is 29.3 Å². The summed E-state index contributed by atoms with van der Waals surface area (Å²) in [5, 5.41) is 10.7. The van der Waals surface area contributed by atoms with Crippen LogP contribution in [0.1, 0.15) is 30.4 Å². The van der Waals surface area contributed by atoms with Crippen molar-refractivity contribution in [2.24, 2.45) is 0 Å². The molecule has 2 aromatic carbocycles. The minimum atomic E-state index is -0.783. The fourth-order valence-corrected chi connectivity index (χ4v) is 3.79. The summed E-state index contributed by atoms with van der Waals surface area (Å²) in [6, 6.07) is 16.6. The molecule has 1 N–H and O–H groups in total. The van der Waals surface area contributed by atoms with Crippen molar-refractivity contribution in [1.82, 2.24) is 0 Å². The van der Waals surface area contributed by atoms with E-state index in [2.05, 4.69) is 0 Å². The van der Waals surface area contributed by atoms with Crippen molar-refractivity contribution in [1.29, 1.82) is 0 Å². The van der Waals surface area contributed by atoms with Gasteiger partial charge < -0.3 is 19.3 Å². The van der Waals surface area contributed by atoms with Gasteiger partial charge in [0.2, 0.25) is 0 Å². The van der Waals surface area contributed by atoms with Crippen LogP contribution in [0.15, 0.2) is 65.9 Å². The zero-order valence-electron chi connectivity index (χ0n) is 15.3. The number of para-hydroxylation sites is 1. The molecule has 1 aliphatic carbocycles. The molecule has 6 heteroatoms. The summed E-state index contributed by atoms with van der Waals surface area (Å²) >= 11 is 0. The average Bonchev–Trinajstić information content (AvgIpc) is 3.09. The number of benzene rings is 2. The number of aliphatic hydroxyl groups is 1. The van der Waals surface area contributed by atoms with Crippen LogP contribution >= 0.6 is 0 Å². The van der Waals surface area contributed by atoms with E-state index in [1.807, 2.05) is 48.5 Å². The zero-order chi connectivity index (χ0) is 19.7. The molecule has 2 aliphatic rings. The van der Waals surface area contributed by atoms with Gasteiger partial charge in [-0.15, -0.1) is 0 Å². The van der Waals surface area contributed by atoms with Gasteiger partial charge in [-0.05, 0) is 11.6 Å². The van der Waals surface area contributed by atoms with Crippen molar-refractivity contribution < 1.29 is 28.9 Å². The van der Waals surface area contributed by atoms with Crippen molar-refractivity contribution >= 4 is 11.9 Å². The number of hydrogen-bond donors (Lipinski definition) is 1. The van der Waals surface area contributed by atoms with Gasteiger partial charge >= 0.3 is 11.9 Å². The Hall–Kier alpha value is -3.28. The molecule has 0 saturated carbocycles. The minimum absolute atomic E-state index is 0.0674. The SMILES string of the molecule is CC(=O)O[C@H]1CC(C(=O)OCc2ccccc2)=C(O)[C@@H]2Oc3ccccc3[C@H]12. The maximum Gasteiger partial charge on any atom is 0.338 e. The van der Waals surface area contributed by atoms with Gasteiger partial charge in [0.25, 0.3) is 0 Å². The normalized spacial score (nSPS) is 22.7. The highest BCUT2D eigenvalue weighted by Crippen LogP contribution is 2.48. The molecule has 0 aromatic heterocycles. The van der Waals surface area contributed by atoms with Gasteiger partial charge in [-0.25, -0.2) is 4.79 Å². The van der Waals surface area contributed by atoms with Crippen LogP contribution in [0.25, 0.3) is 0 Å². The lowest BCUT2D eigenvalue weighted by molar-refractivity contribution is -0.151. The monoisotopic (exact) mass is 380 g/mol. The molecule has 2 aromatic rings. The zero-order valence-corrected chi connectivity index (χ0v) is 15.3. The summed E-state index contributed by atoms with van der Waals surface area (Å²) in [5.41, 5.74) is 1.77. The van der Waals surface area contributed by atoms with Gasteiger partial charge in [-0.2, -0.15) is 0 Å². The lowest BCUT2D eigenvalue weighted by Crippen LogP contribution is -2.40. The van der Waals surface area contributed by atoms with Crippen LogP contribution < -0.4 is 4.74 Å². The Kier molecular flexibility index (Phi) is 4.77. The predicted octanol–water partition coefficient (Wildman–Crippen LogP) is 3.42. The third kappa shape index (κ3) is 3.33. The maximum atomic E-state index is 12.6. The molecule has 4 rings (SSSR count). The molecule has 28 heavy (non-hydrogen) atoms. The molecule has 1 heterocycles. The van der Waals surface area contributed by atoms with Gasteiger partial charge in [0.1, 0.15) is 24.2 Å². The van der Waals surface area contributed by atoms with Gasteiger partial charge in [0, 0.05) is 18.9 Å². The molecule has 0 fully saturated rings. The van der Waals surface area contributed by atoms with Crippen molar-refractivity contribution in [3.8, 4) is 5.75 Å². The molecule has 0 radical (unpaired) electrons. The number of hydrogen-bond acceptors (Lipinski definition) is 6. The van der Waals surface area contributed by atoms with Gasteiger partial charge in [-0.1, -0.05) is 48.5 Å². The smallest absolute Gasteiger partial charge is 0.338 e. The molecule has 6 nitrogen and oxygen atoms in total. The van der Waals surface area contributed by atoms with E-state index in [9.17, 15) is 14.7 Å². The first-order valence-electron chi connectivity index (χ1n) is 9.10. The summed E-state index contributed by atoms with van der Waals surface area (Å²) in [4.78, 5) is 24.3. The first-order chi connectivity index (χ1) is 13.5. The van der Waals surface area contributed by atoms with E-state index < -0.39 is 24.1 Å². The predicted molar refractivity (Wildman–Crippen MR) is 99.7 cm³/mol. The Morgan fingerprint density at radius 2 is 1.82 bits per heavy atom. The van der Waals surface area contributed by atoms with Crippen LogP contribution in [0.5, 0.6) is 5.75 Å². The summed E-state index contributed by atoms with van der Waals surface area (Å²) in [5.74, 6) is -1.02. The van der Waals surface area contributed by atoms with Crippen molar-refractivity contribution in [3.63, 3.8) is 0 Å². The van der Waals surface area contributed by atoms with Gasteiger partial charge in [0.05, 0.1) is 11.5 Å².